The fourth-order valence-corrected chi connectivity index (χ4v) is 1.34. The van der Waals surface area contributed by atoms with E-state index in [1.54, 1.807) is 6.92 Å². The van der Waals surface area contributed by atoms with Crippen molar-refractivity contribution in [3.05, 3.63) is 35.4 Å². The Bertz CT molecular complexity index is 382. The van der Waals surface area contributed by atoms with Gasteiger partial charge in [0.2, 0.25) is 5.91 Å². The van der Waals surface area contributed by atoms with Crippen LogP contribution in [0.3, 0.4) is 0 Å². The first-order chi connectivity index (χ1) is 7.54. The minimum Gasteiger partial charge on any atom is -0.375 e. The number of halogens is 2. The SMILES string of the molecule is COCC(=O)N[C@@H](C)c1ccc(F)cc1F. The molecule has 0 fully saturated rings. The van der Waals surface area contributed by atoms with Crippen LogP contribution in [0.4, 0.5) is 8.78 Å². The number of nitrogens with one attached hydrogen (secondary N) is 1. The van der Waals surface area contributed by atoms with Gasteiger partial charge < -0.3 is 10.1 Å². The van der Waals surface area contributed by atoms with Crippen molar-refractivity contribution in [2.75, 3.05) is 13.7 Å². The lowest BCUT2D eigenvalue weighted by atomic mass is 10.1. The van der Waals surface area contributed by atoms with Gasteiger partial charge in [-0.25, -0.2) is 8.78 Å². The van der Waals surface area contributed by atoms with Crippen molar-refractivity contribution in [3.8, 4) is 0 Å². The zero-order valence-corrected chi connectivity index (χ0v) is 9.09. The number of ether oxygens (including phenoxy) is 1. The van der Waals surface area contributed by atoms with Gasteiger partial charge in [0.15, 0.2) is 0 Å². The van der Waals surface area contributed by atoms with E-state index in [0.717, 1.165) is 12.1 Å². The Hall–Kier alpha value is -1.49. The van der Waals surface area contributed by atoms with Gasteiger partial charge in [-0.2, -0.15) is 0 Å². The molecule has 1 atom stereocenters. The summed E-state index contributed by atoms with van der Waals surface area (Å²) in [5.41, 5.74) is 0.242. The first-order valence-electron chi connectivity index (χ1n) is 4.78. The third-order valence-electron chi connectivity index (χ3n) is 2.08. The van der Waals surface area contributed by atoms with Crippen LogP contribution in [0.1, 0.15) is 18.5 Å². The van der Waals surface area contributed by atoms with Gasteiger partial charge in [0.1, 0.15) is 18.2 Å². The molecule has 1 N–H and O–H groups in total. The van der Waals surface area contributed by atoms with Gasteiger partial charge in [0.25, 0.3) is 0 Å². The van der Waals surface area contributed by atoms with E-state index < -0.39 is 17.7 Å². The summed E-state index contributed by atoms with van der Waals surface area (Å²) in [6.07, 6.45) is 0. The largest absolute Gasteiger partial charge is 0.375 e. The van der Waals surface area contributed by atoms with E-state index in [-0.39, 0.29) is 18.1 Å². The van der Waals surface area contributed by atoms with E-state index in [1.165, 1.54) is 13.2 Å². The molecule has 1 aromatic rings. The van der Waals surface area contributed by atoms with Crippen LogP contribution in [-0.2, 0) is 9.53 Å². The van der Waals surface area contributed by atoms with E-state index in [2.05, 4.69) is 10.1 Å². The van der Waals surface area contributed by atoms with E-state index in [9.17, 15) is 13.6 Å². The van der Waals surface area contributed by atoms with Gasteiger partial charge in [-0.15, -0.1) is 0 Å². The van der Waals surface area contributed by atoms with Crippen molar-refractivity contribution in [1.29, 1.82) is 0 Å². The Kier molecular flexibility index (Phi) is 4.37. The summed E-state index contributed by atoms with van der Waals surface area (Å²) in [6, 6.07) is 2.72. The summed E-state index contributed by atoms with van der Waals surface area (Å²) in [4.78, 5) is 11.2. The highest BCUT2D eigenvalue weighted by Gasteiger charge is 2.13. The van der Waals surface area contributed by atoms with Crippen LogP contribution in [-0.4, -0.2) is 19.6 Å². The van der Waals surface area contributed by atoms with Crippen LogP contribution in [0.2, 0.25) is 0 Å². The van der Waals surface area contributed by atoms with E-state index in [0.29, 0.717) is 0 Å². The number of hydrogen-bond donors (Lipinski definition) is 1. The van der Waals surface area contributed by atoms with Crippen LogP contribution >= 0.6 is 0 Å². The van der Waals surface area contributed by atoms with Crippen molar-refractivity contribution in [3.63, 3.8) is 0 Å². The fraction of sp³-hybridized carbons (Fsp3) is 0.364. The highest BCUT2D eigenvalue weighted by molar-refractivity contribution is 5.77. The Morgan fingerprint density at radius 3 is 2.75 bits per heavy atom. The third-order valence-corrected chi connectivity index (χ3v) is 2.08. The second-order valence-electron chi connectivity index (χ2n) is 3.39. The molecular formula is C11H13F2NO2. The van der Waals surface area contributed by atoms with Crippen LogP contribution in [0.15, 0.2) is 18.2 Å². The van der Waals surface area contributed by atoms with Crippen molar-refractivity contribution in [2.45, 2.75) is 13.0 Å². The fourth-order valence-electron chi connectivity index (χ4n) is 1.34. The summed E-state index contributed by atoms with van der Waals surface area (Å²) in [5.74, 6) is -1.67. The lowest BCUT2D eigenvalue weighted by Crippen LogP contribution is -2.30. The summed E-state index contributed by atoms with van der Waals surface area (Å²) in [7, 11) is 1.39. The highest BCUT2D eigenvalue weighted by atomic mass is 19.1. The van der Waals surface area contributed by atoms with Gasteiger partial charge in [-0.3, -0.25) is 4.79 Å². The van der Waals surface area contributed by atoms with Gasteiger partial charge in [0, 0.05) is 18.7 Å². The minimum atomic E-state index is -0.676. The van der Waals surface area contributed by atoms with E-state index >= 15 is 0 Å². The number of methoxy groups -OCH3 is 1. The molecule has 0 aliphatic carbocycles. The Morgan fingerprint density at radius 2 is 2.19 bits per heavy atom. The summed E-state index contributed by atoms with van der Waals surface area (Å²) in [6.45, 7) is 1.52. The first kappa shape index (κ1) is 12.6. The number of hydrogen-bond acceptors (Lipinski definition) is 2. The van der Waals surface area contributed by atoms with E-state index in [1.807, 2.05) is 0 Å². The molecule has 0 spiro atoms. The smallest absolute Gasteiger partial charge is 0.246 e. The number of carbonyl (C=O) groups is 1. The molecule has 0 radical (unpaired) electrons. The highest BCUT2D eigenvalue weighted by Crippen LogP contribution is 2.17. The van der Waals surface area contributed by atoms with Crippen LogP contribution < -0.4 is 5.32 Å². The molecule has 0 unspecified atom stereocenters. The van der Waals surface area contributed by atoms with Gasteiger partial charge in [0.05, 0.1) is 6.04 Å². The predicted molar refractivity (Wildman–Crippen MR) is 54.8 cm³/mol. The van der Waals surface area contributed by atoms with Gasteiger partial charge in [-0.05, 0) is 13.0 Å². The Morgan fingerprint density at radius 1 is 1.50 bits per heavy atom. The predicted octanol–water partition coefficient (Wildman–Crippen LogP) is 1.79. The molecule has 0 bridgehead atoms. The number of benzene rings is 1. The molecule has 1 aromatic carbocycles. The van der Waals surface area contributed by atoms with Crippen LogP contribution in [0, 0.1) is 11.6 Å². The lowest BCUT2D eigenvalue weighted by Gasteiger charge is -2.14. The molecule has 5 heteroatoms. The standard InChI is InChI=1S/C11H13F2NO2/c1-7(14-11(15)6-16-2)9-4-3-8(12)5-10(9)13/h3-5,7H,6H2,1-2H3,(H,14,15)/t7-/m0/s1. The van der Waals surface area contributed by atoms with Crippen molar-refractivity contribution in [1.82, 2.24) is 5.32 Å². The average Bonchev–Trinajstić information content (AvgIpc) is 2.17. The molecule has 88 valence electrons. The van der Waals surface area contributed by atoms with Crippen LogP contribution in [0.5, 0.6) is 0 Å². The Labute approximate surface area is 92.4 Å². The van der Waals surface area contributed by atoms with E-state index in [4.69, 9.17) is 0 Å². The molecule has 0 heterocycles. The lowest BCUT2D eigenvalue weighted by molar-refractivity contribution is -0.125. The monoisotopic (exact) mass is 229 g/mol. The molecule has 16 heavy (non-hydrogen) atoms. The molecule has 1 rings (SSSR count). The quantitative estimate of drug-likeness (QED) is 0.854. The summed E-state index contributed by atoms with van der Waals surface area (Å²) >= 11 is 0. The van der Waals surface area contributed by atoms with Gasteiger partial charge in [-0.1, -0.05) is 6.07 Å². The van der Waals surface area contributed by atoms with Crippen molar-refractivity contribution >= 4 is 5.91 Å². The second-order valence-corrected chi connectivity index (χ2v) is 3.39. The maximum Gasteiger partial charge on any atom is 0.246 e. The minimum absolute atomic E-state index is 0.0901. The first-order valence-corrected chi connectivity index (χ1v) is 4.78. The molecule has 0 saturated carbocycles. The summed E-state index contributed by atoms with van der Waals surface area (Å²) in [5, 5.41) is 2.53. The van der Waals surface area contributed by atoms with Gasteiger partial charge >= 0.3 is 0 Å². The molecule has 0 aliphatic rings. The zero-order valence-electron chi connectivity index (χ0n) is 9.09. The normalized spacial score (nSPS) is 12.2. The molecule has 0 aromatic heterocycles. The molecule has 0 aliphatic heterocycles. The van der Waals surface area contributed by atoms with Crippen LogP contribution in [0.25, 0.3) is 0 Å². The molecule has 0 saturated heterocycles. The average molecular weight is 229 g/mol. The maximum atomic E-state index is 13.3. The third kappa shape index (κ3) is 3.27. The topological polar surface area (TPSA) is 38.3 Å². The second kappa shape index (κ2) is 5.55. The number of carbonyl (C=O) groups excluding carboxylic acids is 1. The maximum absolute atomic E-state index is 13.3. The number of rotatable bonds is 4. The molecule has 3 nitrogen and oxygen atoms in total. The molecule has 1 amide bonds. The number of amides is 1. The molecular weight excluding hydrogens is 216 g/mol. The summed E-state index contributed by atoms with van der Waals surface area (Å²) < 4.78 is 30.6. The van der Waals surface area contributed by atoms with Crippen molar-refractivity contribution in [2.24, 2.45) is 0 Å². The Balaban J connectivity index is 2.72. The zero-order chi connectivity index (χ0) is 12.1. The van der Waals surface area contributed by atoms with Crippen molar-refractivity contribution < 1.29 is 18.3 Å².